The van der Waals surface area contributed by atoms with Crippen molar-refractivity contribution in [1.29, 1.82) is 0 Å². The van der Waals surface area contributed by atoms with Crippen molar-refractivity contribution in [3.63, 3.8) is 0 Å². The Labute approximate surface area is 251 Å². The summed E-state index contributed by atoms with van der Waals surface area (Å²) in [7, 11) is -6.85. The van der Waals surface area contributed by atoms with E-state index in [0.29, 0.717) is 17.3 Å². The summed E-state index contributed by atoms with van der Waals surface area (Å²) in [6.07, 6.45) is 16.6. The van der Waals surface area contributed by atoms with Gasteiger partial charge >= 0.3 is 10.2 Å². The zero-order valence-electron chi connectivity index (χ0n) is 25.0. The first kappa shape index (κ1) is 33.8. The van der Waals surface area contributed by atoms with Gasteiger partial charge in [0.25, 0.3) is 0 Å². The van der Waals surface area contributed by atoms with E-state index in [4.69, 9.17) is 0 Å². The molecule has 0 aliphatic rings. The summed E-state index contributed by atoms with van der Waals surface area (Å²) in [6.45, 7) is 2.24. The lowest BCUT2D eigenvalue weighted by molar-refractivity contribution is 0.536. The Morgan fingerprint density at radius 2 is 1.29 bits per heavy atom. The van der Waals surface area contributed by atoms with Crippen LogP contribution in [0.2, 0.25) is 0 Å². The number of aryl methyl sites for hydroxylation is 1. The van der Waals surface area contributed by atoms with Gasteiger partial charge in [-0.25, -0.2) is 13.2 Å². The molecule has 1 N–H and O–H groups in total. The zero-order valence-corrected chi connectivity index (χ0v) is 26.7. The van der Waals surface area contributed by atoms with Gasteiger partial charge in [0.1, 0.15) is 0 Å². The van der Waals surface area contributed by atoms with Gasteiger partial charge in [0.05, 0.1) is 27.2 Å². The number of aromatic nitrogens is 1. The van der Waals surface area contributed by atoms with E-state index >= 15 is 0 Å². The predicted molar refractivity (Wildman–Crippen MR) is 169 cm³/mol. The van der Waals surface area contributed by atoms with Crippen LogP contribution in [0.1, 0.15) is 96.8 Å². The van der Waals surface area contributed by atoms with Gasteiger partial charge in [0.2, 0.25) is 10.0 Å². The Morgan fingerprint density at radius 3 is 1.83 bits per heavy atom. The maximum atomic E-state index is 13.8. The third-order valence-electron chi connectivity index (χ3n) is 7.66. The second kappa shape index (κ2) is 16.8. The highest BCUT2D eigenvalue weighted by molar-refractivity contribution is 7.89. The van der Waals surface area contributed by atoms with Crippen LogP contribution in [0.15, 0.2) is 64.6 Å². The van der Waals surface area contributed by atoms with Crippen molar-refractivity contribution >= 4 is 31.1 Å². The molecule has 10 heteroatoms. The minimum atomic E-state index is -4.95. The third kappa shape index (κ3) is 10.8. The average molecular weight is 620 g/mol. The summed E-state index contributed by atoms with van der Waals surface area (Å²) in [6, 6.07) is 15.0. The highest BCUT2D eigenvalue weighted by Gasteiger charge is 2.16. The van der Waals surface area contributed by atoms with Crippen molar-refractivity contribution < 1.29 is 20.7 Å². The molecule has 232 valence electrons. The number of rotatable bonds is 19. The number of nitrogens with one attached hydrogen (secondary N) is 1. The summed E-state index contributed by atoms with van der Waals surface area (Å²) in [5.41, 5.74) is 2.18. The molecule has 0 amide bonds. The van der Waals surface area contributed by atoms with Gasteiger partial charge in [-0.1, -0.05) is 121 Å². The van der Waals surface area contributed by atoms with Crippen molar-refractivity contribution in [2.75, 3.05) is 5.75 Å². The first-order chi connectivity index (χ1) is 20.1. The van der Waals surface area contributed by atoms with Crippen LogP contribution < -0.4 is 10.2 Å². The van der Waals surface area contributed by atoms with Crippen molar-refractivity contribution in [2.45, 2.75) is 102 Å². The van der Waals surface area contributed by atoms with Gasteiger partial charge < -0.3 is 4.57 Å². The summed E-state index contributed by atoms with van der Waals surface area (Å²) in [5.74, 6) is -0.0529. The Hall–Kier alpha value is -2.72. The molecule has 3 rings (SSSR count). The van der Waals surface area contributed by atoms with Crippen LogP contribution in [-0.2, 0) is 27.3 Å². The molecular weight excluding hydrogens is 574 g/mol. The lowest BCUT2D eigenvalue weighted by Gasteiger charge is -2.14. The highest BCUT2D eigenvalue weighted by atomic mass is 32.3. The Balaban J connectivity index is 1.57. The van der Waals surface area contributed by atoms with Crippen LogP contribution in [0.4, 0.5) is 3.89 Å². The van der Waals surface area contributed by atoms with Crippen LogP contribution in [0.3, 0.4) is 0 Å². The average Bonchev–Trinajstić information content (AvgIpc) is 2.97. The second-order valence-corrected chi connectivity index (χ2v) is 14.2. The molecule has 0 bridgehead atoms. The van der Waals surface area contributed by atoms with Crippen molar-refractivity contribution in [3.05, 3.63) is 60.0 Å². The minimum absolute atomic E-state index is 0.0529. The number of benzene rings is 2. The summed E-state index contributed by atoms with van der Waals surface area (Å²) in [5, 5.41) is 4.69. The van der Waals surface area contributed by atoms with Crippen LogP contribution in [-0.4, -0.2) is 27.2 Å². The highest BCUT2D eigenvalue weighted by Crippen LogP contribution is 2.24. The lowest BCUT2D eigenvalue weighted by atomic mass is 10.0. The molecule has 3 aromatic rings. The molecule has 0 aliphatic heterocycles. The lowest BCUT2D eigenvalue weighted by Crippen LogP contribution is -2.25. The third-order valence-corrected chi connectivity index (χ3v) is 9.68. The number of pyridine rings is 1. The van der Waals surface area contributed by atoms with Crippen LogP contribution in [0, 0.1) is 0 Å². The molecule has 42 heavy (non-hydrogen) atoms. The van der Waals surface area contributed by atoms with Gasteiger partial charge in [0.15, 0.2) is 0 Å². The zero-order chi connectivity index (χ0) is 30.4. The van der Waals surface area contributed by atoms with Gasteiger partial charge in [0, 0.05) is 12.4 Å². The van der Waals surface area contributed by atoms with Crippen LogP contribution in [0.25, 0.3) is 22.2 Å². The monoisotopic (exact) mass is 619 g/mol. The normalized spacial score (nSPS) is 12.7. The molecule has 0 spiro atoms. The predicted octanol–water partition coefficient (Wildman–Crippen LogP) is 7.72. The van der Waals surface area contributed by atoms with Gasteiger partial charge in [-0.05, 0) is 36.2 Å². The molecule has 0 saturated heterocycles. The number of fused-ring (bicyclic) bond motifs is 1. The quantitative estimate of drug-likeness (QED) is 0.0844. The fourth-order valence-corrected chi connectivity index (χ4v) is 6.63. The van der Waals surface area contributed by atoms with E-state index in [9.17, 15) is 20.7 Å². The van der Waals surface area contributed by atoms with Gasteiger partial charge in [-0.15, -0.1) is 3.89 Å². The topological polar surface area (TPSA) is 97.6 Å². The summed E-state index contributed by atoms with van der Waals surface area (Å²) >= 11 is 0. The largest absolute Gasteiger partial charge is 0.344 e. The number of hydrogen-bond acceptors (Lipinski definition) is 5. The summed E-state index contributed by atoms with van der Waals surface area (Å²) < 4.78 is 64.3. The van der Waals surface area contributed by atoms with E-state index in [1.165, 1.54) is 82.4 Å². The Kier molecular flexibility index (Phi) is 13.5. The van der Waals surface area contributed by atoms with Crippen molar-refractivity contribution in [1.82, 2.24) is 9.40 Å². The number of nitrogens with zero attached hydrogens (tertiary/aromatic N) is 2. The Bertz CT molecular complexity index is 1550. The molecule has 1 heterocycles. The molecule has 1 aromatic heterocycles. The molecule has 7 nitrogen and oxygen atoms in total. The molecule has 0 fully saturated rings. The Morgan fingerprint density at radius 1 is 0.738 bits per heavy atom. The number of hydrogen-bond donors (Lipinski definition) is 1. The molecule has 0 unspecified atom stereocenters. The fourth-order valence-electron chi connectivity index (χ4n) is 5.23. The minimum Gasteiger partial charge on any atom is -0.344 e. The fraction of sp³-hybridized carbons (Fsp3) is 0.531. The van der Waals surface area contributed by atoms with E-state index in [1.807, 2.05) is 34.9 Å². The molecule has 0 aliphatic carbocycles. The number of sulfonamides is 1. The maximum Gasteiger partial charge on any atom is 0.332 e. The van der Waals surface area contributed by atoms with Gasteiger partial charge in [-0.3, -0.25) is 0 Å². The second-order valence-electron chi connectivity index (χ2n) is 11.1. The molecule has 2 aromatic carbocycles. The maximum absolute atomic E-state index is 13.8. The number of unbranched alkanes of at least 4 members (excludes halogenated alkanes) is 13. The molecular formula is C32H46FN3O4S2. The standard InChI is InChI=1S/C32H46FN3O4S2/c1-3-4-5-6-7-8-9-10-11-12-13-14-15-19-24-41(37,38)35-34-30-26-32(27-20-17-16-18-21-27)36(2)31-23-22-28(25-29(30)31)42(33,39)40/h16-18,20-23,25-26,35H,3-15,19,24H2,1-2H3/b34-30-. The molecule has 0 atom stereocenters. The van der Waals surface area contributed by atoms with E-state index in [1.54, 1.807) is 13.1 Å². The molecule has 0 saturated carbocycles. The van der Waals surface area contributed by atoms with Crippen molar-refractivity contribution in [3.8, 4) is 11.3 Å². The van der Waals surface area contributed by atoms with E-state index in [0.717, 1.165) is 30.5 Å². The SMILES string of the molecule is CCCCCCCCCCCCCCCCS(=O)(=O)N/N=c1/cc(-c2ccccc2)n(C)c2ccc(S(=O)(=O)F)cc12. The van der Waals surface area contributed by atoms with E-state index in [2.05, 4.69) is 16.9 Å². The number of halogens is 1. The smallest absolute Gasteiger partial charge is 0.332 e. The first-order valence-corrected chi connectivity index (χ1v) is 18.3. The van der Waals surface area contributed by atoms with Crippen molar-refractivity contribution in [2.24, 2.45) is 12.1 Å². The molecule has 0 radical (unpaired) electrons. The van der Waals surface area contributed by atoms with E-state index < -0.39 is 25.1 Å². The van der Waals surface area contributed by atoms with Crippen LogP contribution in [0.5, 0.6) is 0 Å². The summed E-state index contributed by atoms with van der Waals surface area (Å²) in [4.78, 5) is 1.81. The van der Waals surface area contributed by atoms with E-state index in [-0.39, 0.29) is 11.1 Å². The van der Waals surface area contributed by atoms with Gasteiger partial charge in [-0.2, -0.15) is 13.5 Å². The first-order valence-electron chi connectivity index (χ1n) is 15.3. The van der Waals surface area contributed by atoms with Crippen LogP contribution >= 0.6 is 0 Å².